The Morgan fingerprint density at radius 2 is 1.91 bits per heavy atom. The van der Waals surface area contributed by atoms with Crippen molar-refractivity contribution in [3.8, 4) is 11.4 Å². The average molecular weight is 288 g/mol. The van der Waals surface area contributed by atoms with Gasteiger partial charge in [0.1, 0.15) is 17.7 Å². The molecule has 0 unspecified atom stereocenters. The van der Waals surface area contributed by atoms with Crippen molar-refractivity contribution in [1.29, 1.82) is 0 Å². The summed E-state index contributed by atoms with van der Waals surface area (Å²) in [5.41, 5.74) is 4.66. The largest absolute Gasteiger partial charge is 0.277 e. The number of hydrogen-bond acceptors (Lipinski definition) is 3. The zero-order valence-corrected chi connectivity index (χ0v) is 13.0. The Labute approximate surface area is 130 Å². The van der Waals surface area contributed by atoms with Crippen molar-refractivity contribution in [2.24, 2.45) is 0 Å². The molecule has 5 heteroatoms. The van der Waals surface area contributed by atoms with Gasteiger partial charge < -0.3 is 0 Å². The van der Waals surface area contributed by atoms with E-state index in [0.29, 0.717) is 0 Å². The highest BCUT2D eigenvalue weighted by molar-refractivity contribution is 6.36. The molecule has 4 nitrogen and oxygen atoms in total. The Hall–Kier alpha value is -2.69. The van der Waals surface area contributed by atoms with E-state index < -0.39 is 0 Å². The third-order valence-corrected chi connectivity index (χ3v) is 3.55. The molecule has 0 bridgehead atoms. The van der Waals surface area contributed by atoms with Crippen molar-refractivity contribution in [1.82, 2.24) is 19.5 Å². The van der Waals surface area contributed by atoms with Gasteiger partial charge in [0.2, 0.25) is 0 Å². The van der Waals surface area contributed by atoms with Gasteiger partial charge in [-0.1, -0.05) is 42.5 Å². The van der Waals surface area contributed by atoms with E-state index in [9.17, 15) is 0 Å². The van der Waals surface area contributed by atoms with Crippen LogP contribution in [0.3, 0.4) is 0 Å². The standard InChI is InChI=1S/C17H17BN4/c1-3-8-13(4-2)22-16(12-9-6-5-7-10-12)21-14-15(18)19-11-20-17(14)22/h3-11H,18H2,1-2H3/b8-3-,13-4+. The van der Waals surface area contributed by atoms with Gasteiger partial charge in [0.05, 0.1) is 0 Å². The van der Waals surface area contributed by atoms with E-state index >= 15 is 0 Å². The van der Waals surface area contributed by atoms with Crippen molar-refractivity contribution < 1.29 is 0 Å². The Morgan fingerprint density at radius 1 is 1.14 bits per heavy atom. The Bertz CT molecular complexity index is 863. The van der Waals surface area contributed by atoms with Gasteiger partial charge in [-0.15, -0.1) is 0 Å². The van der Waals surface area contributed by atoms with Crippen LogP contribution in [0.4, 0.5) is 0 Å². The lowest BCUT2D eigenvalue weighted by Gasteiger charge is -2.09. The van der Waals surface area contributed by atoms with Gasteiger partial charge in [0.15, 0.2) is 13.5 Å². The number of allylic oxidation sites excluding steroid dienone is 4. The second-order valence-corrected chi connectivity index (χ2v) is 4.98. The van der Waals surface area contributed by atoms with Crippen molar-refractivity contribution >= 4 is 30.3 Å². The lowest BCUT2D eigenvalue weighted by atomic mass is 10.0. The predicted octanol–water partition coefficient (Wildman–Crippen LogP) is 2.19. The Balaban J connectivity index is 2.39. The second kappa shape index (κ2) is 5.97. The van der Waals surface area contributed by atoms with Crippen molar-refractivity contribution in [2.75, 3.05) is 0 Å². The number of aromatic nitrogens is 4. The maximum absolute atomic E-state index is 4.80. The summed E-state index contributed by atoms with van der Waals surface area (Å²) in [6.45, 7) is 4.02. The molecule has 3 rings (SSSR count). The molecule has 0 spiro atoms. The normalized spacial score (nSPS) is 12.4. The summed E-state index contributed by atoms with van der Waals surface area (Å²) < 4.78 is 2.08. The van der Waals surface area contributed by atoms with Gasteiger partial charge in [-0.3, -0.25) is 4.57 Å². The molecular weight excluding hydrogens is 271 g/mol. The van der Waals surface area contributed by atoms with Gasteiger partial charge >= 0.3 is 0 Å². The lowest BCUT2D eigenvalue weighted by molar-refractivity contribution is 1.10. The summed E-state index contributed by atoms with van der Waals surface area (Å²) >= 11 is 0. The molecule has 22 heavy (non-hydrogen) atoms. The summed E-state index contributed by atoms with van der Waals surface area (Å²) in [5, 5.41) is 0. The molecule has 0 saturated heterocycles. The van der Waals surface area contributed by atoms with Crippen LogP contribution in [-0.2, 0) is 0 Å². The molecule has 2 heterocycles. The van der Waals surface area contributed by atoms with Gasteiger partial charge in [-0.05, 0) is 19.9 Å². The van der Waals surface area contributed by atoms with Crippen molar-refractivity contribution in [3.05, 3.63) is 54.9 Å². The minimum Gasteiger partial charge on any atom is -0.277 e. The van der Waals surface area contributed by atoms with Crippen LogP contribution in [0, 0.1) is 0 Å². The highest BCUT2D eigenvalue weighted by atomic mass is 15.1. The first-order valence-electron chi connectivity index (χ1n) is 7.31. The molecule has 0 radical (unpaired) electrons. The predicted molar refractivity (Wildman–Crippen MR) is 93.7 cm³/mol. The summed E-state index contributed by atoms with van der Waals surface area (Å²) in [5.74, 6) is 0.880. The molecule has 0 amide bonds. The van der Waals surface area contributed by atoms with Crippen LogP contribution in [0.5, 0.6) is 0 Å². The molecule has 0 aliphatic heterocycles. The van der Waals surface area contributed by atoms with E-state index in [-0.39, 0.29) is 0 Å². The fourth-order valence-corrected chi connectivity index (χ4v) is 2.50. The smallest absolute Gasteiger partial charge is 0.167 e. The number of nitrogens with zero attached hydrogens (tertiary/aromatic N) is 4. The summed E-state index contributed by atoms with van der Waals surface area (Å²) in [6, 6.07) is 10.2. The van der Waals surface area contributed by atoms with Crippen LogP contribution in [-0.4, -0.2) is 27.4 Å². The average Bonchev–Trinajstić information content (AvgIpc) is 2.94. The number of fused-ring (bicyclic) bond motifs is 1. The molecule has 0 fully saturated rings. The highest BCUT2D eigenvalue weighted by Gasteiger charge is 2.16. The van der Waals surface area contributed by atoms with Gasteiger partial charge in [0, 0.05) is 16.9 Å². The van der Waals surface area contributed by atoms with Gasteiger partial charge in [-0.25, -0.2) is 15.0 Å². The van der Waals surface area contributed by atoms with E-state index in [1.807, 2.05) is 46.0 Å². The van der Waals surface area contributed by atoms with E-state index in [1.165, 1.54) is 0 Å². The minimum atomic E-state index is 0.831. The minimum absolute atomic E-state index is 0.831. The molecule has 0 aliphatic carbocycles. The molecular formula is C17H17BN4. The number of imidazole rings is 1. The zero-order valence-electron chi connectivity index (χ0n) is 13.0. The molecule has 108 valence electrons. The first-order chi connectivity index (χ1) is 10.8. The van der Waals surface area contributed by atoms with Crippen LogP contribution in [0.15, 0.2) is 54.9 Å². The molecule has 0 N–H and O–H groups in total. The quantitative estimate of drug-likeness (QED) is 0.548. The van der Waals surface area contributed by atoms with Gasteiger partial charge in [-0.2, -0.15) is 0 Å². The van der Waals surface area contributed by atoms with E-state index in [4.69, 9.17) is 4.98 Å². The lowest BCUT2D eigenvalue weighted by Crippen LogP contribution is -2.10. The first kappa shape index (κ1) is 14.3. The SMILES string of the molecule is Bc1ncnc2c1nc(-c1ccccc1)n2C(/C=C\C)=C/C. The number of rotatable bonds is 3. The Morgan fingerprint density at radius 3 is 2.59 bits per heavy atom. The molecule has 0 aliphatic rings. The van der Waals surface area contributed by atoms with E-state index in [1.54, 1.807) is 6.33 Å². The number of hydrogen-bond donors (Lipinski definition) is 0. The molecule has 0 atom stereocenters. The van der Waals surface area contributed by atoms with Gasteiger partial charge in [0.25, 0.3) is 0 Å². The fraction of sp³-hybridized carbons (Fsp3) is 0.118. The molecule has 1 aromatic carbocycles. The molecule has 0 saturated carbocycles. The highest BCUT2D eigenvalue weighted by Crippen LogP contribution is 2.26. The monoisotopic (exact) mass is 288 g/mol. The maximum atomic E-state index is 4.80. The summed E-state index contributed by atoms with van der Waals surface area (Å²) in [7, 11) is 1.96. The van der Waals surface area contributed by atoms with Crippen LogP contribution in [0.25, 0.3) is 28.2 Å². The number of benzene rings is 1. The maximum Gasteiger partial charge on any atom is 0.167 e. The topological polar surface area (TPSA) is 43.6 Å². The summed E-state index contributed by atoms with van der Waals surface area (Å²) in [6.07, 6.45) is 7.73. The van der Waals surface area contributed by atoms with Crippen molar-refractivity contribution in [2.45, 2.75) is 13.8 Å². The van der Waals surface area contributed by atoms with Crippen LogP contribution in [0.1, 0.15) is 13.8 Å². The third kappa shape index (κ3) is 2.35. The van der Waals surface area contributed by atoms with E-state index in [0.717, 1.165) is 33.8 Å². The van der Waals surface area contributed by atoms with E-state index in [2.05, 4.69) is 38.8 Å². The third-order valence-electron chi connectivity index (χ3n) is 3.55. The fourth-order valence-electron chi connectivity index (χ4n) is 2.50. The summed E-state index contributed by atoms with van der Waals surface area (Å²) in [4.78, 5) is 13.5. The Kier molecular flexibility index (Phi) is 3.87. The molecule has 2 aromatic heterocycles. The first-order valence-corrected chi connectivity index (χ1v) is 7.31. The van der Waals surface area contributed by atoms with Crippen molar-refractivity contribution in [3.63, 3.8) is 0 Å². The molecule has 3 aromatic rings. The van der Waals surface area contributed by atoms with Crippen LogP contribution in [0.2, 0.25) is 0 Å². The van der Waals surface area contributed by atoms with Crippen LogP contribution < -0.4 is 5.59 Å². The zero-order chi connectivity index (χ0) is 15.5. The second-order valence-electron chi connectivity index (χ2n) is 4.98. The van der Waals surface area contributed by atoms with Crippen LogP contribution >= 0.6 is 0 Å².